The summed E-state index contributed by atoms with van der Waals surface area (Å²) in [5, 5.41) is 3.11. The molecule has 0 spiro atoms. The first-order chi connectivity index (χ1) is 10.0. The fourth-order valence-corrected chi connectivity index (χ4v) is 2.21. The van der Waals surface area contributed by atoms with Crippen LogP contribution in [0.3, 0.4) is 0 Å². The third-order valence-corrected chi connectivity index (χ3v) is 3.34. The van der Waals surface area contributed by atoms with E-state index in [9.17, 15) is 0 Å². The van der Waals surface area contributed by atoms with Crippen LogP contribution in [0.2, 0.25) is 0 Å². The van der Waals surface area contributed by atoms with Crippen molar-refractivity contribution in [1.82, 2.24) is 10.3 Å². The highest BCUT2D eigenvalue weighted by molar-refractivity contribution is 5.38. The van der Waals surface area contributed by atoms with Gasteiger partial charge in [-0.2, -0.15) is 0 Å². The van der Waals surface area contributed by atoms with Crippen molar-refractivity contribution in [2.45, 2.75) is 39.3 Å². The molecule has 2 rings (SSSR count). The van der Waals surface area contributed by atoms with Crippen molar-refractivity contribution in [3.63, 3.8) is 0 Å². The molecule has 0 aliphatic carbocycles. The van der Waals surface area contributed by atoms with Gasteiger partial charge in [-0.1, -0.05) is 45.0 Å². The summed E-state index contributed by atoms with van der Waals surface area (Å²) in [6.45, 7) is 7.91. The van der Waals surface area contributed by atoms with Gasteiger partial charge in [-0.25, -0.2) is 0 Å². The number of hydrogen-bond acceptors (Lipinski definition) is 3. The Labute approximate surface area is 127 Å². The van der Waals surface area contributed by atoms with Gasteiger partial charge in [-0.15, -0.1) is 0 Å². The van der Waals surface area contributed by atoms with E-state index in [1.165, 1.54) is 11.1 Å². The fraction of sp³-hybridized carbons (Fsp3) is 0.389. The number of pyridine rings is 1. The highest BCUT2D eigenvalue weighted by Crippen LogP contribution is 2.31. The second kappa shape index (κ2) is 6.72. The molecular weight excluding hydrogens is 260 g/mol. The topological polar surface area (TPSA) is 34.1 Å². The van der Waals surface area contributed by atoms with Crippen LogP contribution in [0.5, 0.6) is 5.75 Å². The zero-order chi connectivity index (χ0) is 15.3. The molecule has 0 fully saturated rings. The van der Waals surface area contributed by atoms with Crippen molar-refractivity contribution in [3.8, 4) is 5.75 Å². The van der Waals surface area contributed by atoms with Crippen LogP contribution >= 0.6 is 0 Å². The first-order valence-electron chi connectivity index (χ1n) is 7.31. The van der Waals surface area contributed by atoms with Gasteiger partial charge in [0.25, 0.3) is 0 Å². The van der Waals surface area contributed by atoms with Crippen molar-refractivity contribution < 1.29 is 4.74 Å². The summed E-state index contributed by atoms with van der Waals surface area (Å²) in [7, 11) is 1.93. The monoisotopic (exact) mass is 284 g/mol. The summed E-state index contributed by atoms with van der Waals surface area (Å²) < 4.78 is 5.97. The van der Waals surface area contributed by atoms with Gasteiger partial charge in [-0.3, -0.25) is 4.98 Å². The van der Waals surface area contributed by atoms with Gasteiger partial charge in [0.15, 0.2) is 0 Å². The Bertz CT molecular complexity index is 571. The third kappa shape index (κ3) is 4.30. The largest absolute Gasteiger partial charge is 0.487 e. The van der Waals surface area contributed by atoms with E-state index in [1.54, 1.807) is 0 Å². The summed E-state index contributed by atoms with van der Waals surface area (Å²) >= 11 is 0. The molecule has 1 aromatic carbocycles. The highest BCUT2D eigenvalue weighted by Gasteiger charge is 2.18. The first kappa shape index (κ1) is 15.5. The van der Waals surface area contributed by atoms with E-state index in [-0.39, 0.29) is 5.41 Å². The number of ether oxygens (including phenoxy) is 1. The molecule has 0 aliphatic rings. The highest BCUT2D eigenvalue weighted by atomic mass is 16.5. The fourth-order valence-electron chi connectivity index (χ4n) is 2.21. The van der Waals surface area contributed by atoms with E-state index in [2.05, 4.69) is 49.3 Å². The maximum absolute atomic E-state index is 5.97. The average molecular weight is 284 g/mol. The van der Waals surface area contributed by atoms with Gasteiger partial charge >= 0.3 is 0 Å². The molecule has 2 aromatic rings. The quantitative estimate of drug-likeness (QED) is 0.909. The zero-order valence-corrected chi connectivity index (χ0v) is 13.3. The van der Waals surface area contributed by atoms with Gasteiger partial charge in [-0.05, 0) is 35.7 Å². The smallest absolute Gasteiger partial charge is 0.130 e. The van der Waals surface area contributed by atoms with Gasteiger partial charge < -0.3 is 10.1 Å². The van der Waals surface area contributed by atoms with Crippen LogP contribution in [0.4, 0.5) is 0 Å². The molecule has 112 valence electrons. The Kier molecular flexibility index (Phi) is 4.97. The van der Waals surface area contributed by atoms with E-state index in [0.717, 1.165) is 18.0 Å². The lowest BCUT2D eigenvalue weighted by Gasteiger charge is -2.22. The maximum Gasteiger partial charge on any atom is 0.130 e. The summed E-state index contributed by atoms with van der Waals surface area (Å²) in [5.74, 6) is 0.936. The number of nitrogens with one attached hydrogen (secondary N) is 1. The molecule has 0 atom stereocenters. The molecule has 0 amide bonds. The molecule has 0 saturated carbocycles. The summed E-state index contributed by atoms with van der Waals surface area (Å²) in [6, 6.07) is 12.3. The van der Waals surface area contributed by atoms with Crippen LogP contribution in [0.15, 0.2) is 42.6 Å². The first-order valence-corrected chi connectivity index (χ1v) is 7.31. The summed E-state index contributed by atoms with van der Waals surface area (Å²) in [6.07, 6.45) is 1.89. The van der Waals surface area contributed by atoms with Crippen molar-refractivity contribution in [1.29, 1.82) is 0 Å². The van der Waals surface area contributed by atoms with Gasteiger partial charge in [0.05, 0.1) is 5.69 Å². The SMILES string of the molecule is CNCc1ccc(COc2ccccc2C(C)(C)C)nc1. The second-order valence-corrected chi connectivity index (χ2v) is 6.22. The number of benzene rings is 1. The van der Waals surface area contributed by atoms with Crippen LogP contribution in [-0.2, 0) is 18.6 Å². The average Bonchev–Trinajstić information content (AvgIpc) is 2.46. The molecule has 0 saturated heterocycles. The molecule has 0 bridgehead atoms. The van der Waals surface area contributed by atoms with E-state index in [1.807, 2.05) is 31.4 Å². The molecule has 1 aromatic heterocycles. The van der Waals surface area contributed by atoms with Crippen molar-refractivity contribution in [2.75, 3.05) is 7.05 Å². The minimum absolute atomic E-state index is 0.0701. The van der Waals surface area contributed by atoms with Crippen molar-refractivity contribution in [2.24, 2.45) is 0 Å². The minimum atomic E-state index is 0.0701. The molecule has 1 N–H and O–H groups in total. The normalized spacial score (nSPS) is 11.4. The van der Waals surface area contributed by atoms with Gasteiger partial charge in [0.1, 0.15) is 12.4 Å². The minimum Gasteiger partial charge on any atom is -0.487 e. The standard InChI is InChI=1S/C18H24N2O/c1-18(2,3)16-7-5-6-8-17(16)21-13-15-10-9-14(11-19-4)12-20-15/h5-10,12,19H,11,13H2,1-4H3. The predicted molar refractivity (Wildman–Crippen MR) is 86.5 cm³/mol. The molecule has 3 heteroatoms. The molecule has 0 radical (unpaired) electrons. The predicted octanol–water partition coefficient (Wildman–Crippen LogP) is 3.68. The summed E-state index contributed by atoms with van der Waals surface area (Å²) in [4.78, 5) is 4.44. The van der Waals surface area contributed by atoms with Crippen LogP contribution in [0, 0.1) is 0 Å². The van der Waals surface area contributed by atoms with Crippen molar-refractivity contribution in [3.05, 3.63) is 59.4 Å². The lowest BCUT2D eigenvalue weighted by atomic mass is 9.86. The van der Waals surface area contributed by atoms with Gasteiger partial charge in [0.2, 0.25) is 0 Å². The molecular formula is C18H24N2O. The van der Waals surface area contributed by atoms with E-state index in [4.69, 9.17) is 4.74 Å². The Morgan fingerprint density at radius 3 is 2.48 bits per heavy atom. The Morgan fingerprint density at radius 1 is 1.10 bits per heavy atom. The Morgan fingerprint density at radius 2 is 1.86 bits per heavy atom. The van der Waals surface area contributed by atoms with E-state index >= 15 is 0 Å². The maximum atomic E-state index is 5.97. The third-order valence-electron chi connectivity index (χ3n) is 3.34. The van der Waals surface area contributed by atoms with E-state index < -0.39 is 0 Å². The lowest BCUT2D eigenvalue weighted by Crippen LogP contribution is -2.13. The Hall–Kier alpha value is -1.87. The number of aromatic nitrogens is 1. The number of para-hydroxylation sites is 1. The van der Waals surface area contributed by atoms with Crippen molar-refractivity contribution >= 4 is 0 Å². The van der Waals surface area contributed by atoms with E-state index in [0.29, 0.717) is 6.61 Å². The van der Waals surface area contributed by atoms with Crippen LogP contribution < -0.4 is 10.1 Å². The molecule has 0 unspecified atom stereocenters. The molecule has 21 heavy (non-hydrogen) atoms. The molecule has 3 nitrogen and oxygen atoms in total. The second-order valence-electron chi connectivity index (χ2n) is 6.22. The van der Waals surface area contributed by atoms with Crippen LogP contribution in [0.25, 0.3) is 0 Å². The van der Waals surface area contributed by atoms with Crippen LogP contribution in [-0.4, -0.2) is 12.0 Å². The van der Waals surface area contributed by atoms with Gasteiger partial charge in [0, 0.05) is 12.7 Å². The molecule has 0 aliphatic heterocycles. The number of hydrogen-bond donors (Lipinski definition) is 1. The molecule has 1 heterocycles. The lowest BCUT2D eigenvalue weighted by molar-refractivity contribution is 0.293. The number of nitrogens with zero attached hydrogens (tertiary/aromatic N) is 1. The zero-order valence-electron chi connectivity index (χ0n) is 13.3. The number of rotatable bonds is 5. The van der Waals surface area contributed by atoms with Crippen LogP contribution in [0.1, 0.15) is 37.6 Å². The summed E-state index contributed by atoms with van der Waals surface area (Å²) in [5.41, 5.74) is 3.41. The Balaban J connectivity index is 2.06.